The number of carbonyl (C=O) groups is 1. The van der Waals surface area contributed by atoms with Gasteiger partial charge in [0.2, 0.25) is 5.91 Å². The molecule has 164 valence electrons. The number of ether oxygens (including phenoxy) is 1. The maximum atomic E-state index is 12.4. The summed E-state index contributed by atoms with van der Waals surface area (Å²) in [5.41, 5.74) is 0.517. The molecule has 4 fully saturated rings. The fraction of sp³-hybridized carbons (Fsp3) is 0.731. The summed E-state index contributed by atoms with van der Waals surface area (Å²) in [4.78, 5) is 15.5. The summed E-state index contributed by atoms with van der Waals surface area (Å²) in [5.74, 6) is 4.17. The van der Waals surface area contributed by atoms with E-state index in [0.29, 0.717) is 17.9 Å². The molecule has 5 rings (SSSR count). The molecule has 3 unspecified atom stereocenters. The summed E-state index contributed by atoms with van der Waals surface area (Å²) >= 11 is 4.63. The molecule has 3 nitrogen and oxygen atoms in total. The minimum atomic E-state index is 0.241. The van der Waals surface area contributed by atoms with Gasteiger partial charge in [-0.1, -0.05) is 32.9 Å². The molecule has 0 radical (unpaired) electrons. The highest BCUT2D eigenvalue weighted by Gasteiger charge is 2.63. The molecule has 3 saturated carbocycles. The first-order valence-corrected chi connectivity index (χ1v) is 12.4. The van der Waals surface area contributed by atoms with Gasteiger partial charge in [-0.15, -0.1) is 12.6 Å². The van der Waals surface area contributed by atoms with E-state index in [2.05, 4.69) is 51.4 Å². The molecule has 0 bridgehead atoms. The normalized spacial score (nSPS) is 45.5. The number of fused-ring (bicyclic) bond motifs is 5. The largest absolute Gasteiger partial charge is 0.489 e. The Morgan fingerprint density at radius 3 is 2.57 bits per heavy atom. The minimum Gasteiger partial charge on any atom is -0.489 e. The van der Waals surface area contributed by atoms with Crippen LogP contribution in [0.4, 0.5) is 0 Å². The Morgan fingerprint density at radius 1 is 1.07 bits per heavy atom. The first-order valence-electron chi connectivity index (χ1n) is 12.0. The predicted octanol–water partition coefficient (Wildman–Crippen LogP) is 5.83. The van der Waals surface area contributed by atoms with Crippen LogP contribution in [0.2, 0.25) is 0 Å². The van der Waals surface area contributed by atoms with Crippen molar-refractivity contribution in [3.63, 3.8) is 0 Å². The van der Waals surface area contributed by atoms with Crippen molar-refractivity contribution < 1.29 is 9.53 Å². The van der Waals surface area contributed by atoms with Crippen LogP contribution in [0.25, 0.3) is 0 Å². The highest BCUT2D eigenvalue weighted by atomic mass is 32.1. The van der Waals surface area contributed by atoms with Crippen LogP contribution in [0.5, 0.6) is 5.75 Å². The molecule has 0 aromatic heterocycles. The highest BCUT2D eigenvalue weighted by molar-refractivity contribution is 7.80. The number of amides is 1. The number of nitrogens with zero attached hydrogens (tertiary/aromatic N) is 1. The summed E-state index contributed by atoms with van der Waals surface area (Å²) < 4.78 is 6.63. The van der Waals surface area contributed by atoms with E-state index >= 15 is 0 Å². The number of carbonyl (C=O) groups excluding carboxylic acids is 1. The van der Waals surface area contributed by atoms with Crippen LogP contribution in [0.15, 0.2) is 29.2 Å². The van der Waals surface area contributed by atoms with Crippen LogP contribution in [0, 0.1) is 34.5 Å². The van der Waals surface area contributed by atoms with E-state index in [1.807, 2.05) is 18.2 Å². The topological polar surface area (TPSA) is 29.5 Å². The number of piperidine rings is 1. The zero-order valence-electron chi connectivity index (χ0n) is 18.9. The Balaban J connectivity index is 1.43. The van der Waals surface area contributed by atoms with Gasteiger partial charge in [0, 0.05) is 29.8 Å². The van der Waals surface area contributed by atoms with E-state index in [0.717, 1.165) is 54.1 Å². The van der Waals surface area contributed by atoms with Gasteiger partial charge >= 0.3 is 0 Å². The molecule has 0 N–H and O–H groups in total. The Labute approximate surface area is 187 Å². The summed E-state index contributed by atoms with van der Waals surface area (Å²) in [6.07, 6.45) is 8.19. The fourth-order valence-electron chi connectivity index (χ4n) is 8.32. The second-order valence-corrected chi connectivity index (χ2v) is 11.7. The van der Waals surface area contributed by atoms with E-state index in [1.165, 1.54) is 19.3 Å². The lowest BCUT2D eigenvalue weighted by Crippen LogP contribution is -2.63. The number of thiol groups is 1. The average Bonchev–Trinajstić information content (AvgIpc) is 3.05. The van der Waals surface area contributed by atoms with Crippen molar-refractivity contribution in [2.24, 2.45) is 34.5 Å². The minimum absolute atomic E-state index is 0.241. The van der Waals surface area contributed by atoms with Crippen LogP contribution in [0.1, 0.15) is 65.7 Å². The molecule has 1 heterocycles. The quantitative estimate of drug-likeness (QED) is 0.602. The van der Waals surface area contributed by atoms with Gasteiger partial charge in [0.25, 0.3) is 0 Å². The van der Waals surface area contributed by atoms with Gasteiger partial charge in [-0.05, 0) is 79.7 Å². The van der Waals surface area contributed by atoms with Gasteiger partial charge in [-0.2, -0.15) is 0 Å². The second kappa shape index (κ2) is 7.18. The number of hydrogen-bond acceptors (Lipinski definition) is 3. The Bertz CT molecular complexity index is 842. The SMILES string of the molecule is CC1CC2N(C)C(=O)CC[C@]2(C)[C@@H]2CC[C@]3(C)C(Oc4ccccc4S)CC[C@H]3[C@H]12. The van der Waals surface area contributed by atoms with Crippen LogP contribution < -0.4 is 4.74 Å². The Morgan fingerprint density at radius 2 is 1.80 bits per heavy atom. The smallest absolute Gasteiger partial charge is 0.222 e. The number of hydrogen-bond donors (Lipinski definition) is 1. The first-order chi connectivity index (χ1) is 14.3. The summed E-state index contributed by atoms with van der Waals surface area (Å²) in [6.45, 7) is 7.48. The molecule has 8 atom stereocenters. The van der Waals surface area contributed by atoms with Crippen LogP contribution >= 0.6 is 12.6 Å². The van der Waals surface area contributed by atoms with E-state index in [4.69, 9.17) is 4.74 Å². The second-order valence-electron chi connectivity index (χ2n) is 11.2. The lowest BCUT2D eigenvalue weighted by Gasteiger charge is -2.63. The third-order valence-electron chi connectivity index (χ3n) is 9.98. The van der Waals surface area contributed by atoms with Crippen molar-refractivity contribution in [1.82, 2.24) is 4.90 Å². The van der Waals surface area contributed by atoms with Crippen LogP contribution in [0.3, 0.4) is 0 Å². The molecular formula is C26H37NO2S. The van der Waals surface area contributed by atoms with Crippen molar-refractivity contribution >= 4 is 18.5 Å². The van der Waals surface area contributed by atoms with E-state index in [9.17, 15) is 4.79 Å². The van der Waals surface area contributed by atoms with E-state index in [-0.39, 0.29) is 16.9 Å². The summed E-state index contributed by atoms with van der Waals surface area (Å²) in [6, 6.07) is 8.57. The predicted molar refractivity (Wildman–Crippen MR) is 123 cm³/mol. The van der Waals surface area contributed by atoms with Gasteiger partial charge < -0.3 is 9.64 Å². The molecule has 1 aromatic rings. The third kappa shape index (κ3) is 2.88. The lowest BCUT2D eigenvalue weighted by molar-refractivity contribution is -0.168. The van der Waals surface area contributed by atoms with Gasteiger partial charge in [0.05, 0.1) is 0 Å². The molecular weight excluding hydrogens is 390 g/mol. The molecule has 1 saturated heterocycles. The lowest BCUT2D eigenvalue weighted by atomic mass is 9.45. The standard InChI is InChI=1S/C26H37NO2S/c1-16-15-21-25(2,14-12-23(28)27(21)4)18-11-13-26(3)17(24(16)18)9-10-22(26)29-19-7-5-6-8-20(19)30/h5-8,16-18,21-22,24,30H,9-15H2,1-4H3/t16?,17-,18+,21?,22?,24-,25+,26-/m0/s1. The van der Waals surface area contributed by atoms with Crippen molar-refractivity contribution in [2.75, 3.05) is 7.05 Å². The molecule has 0 spiro atoms. The first kappa shape index (κ1) is 20.7. The van der Waals surface area contributed by atoms with Crippen molar-refractivity contribution in [3.8, 4) is 5.75 Å². The summed E-state index contributed by atoms with van der Waals surface area (Å²) in [5, 5.41) is 0. The van der Waals surface area contributed by atoms with Gasteiger partial charge in [-0.25, -0.2) is 0 Å². The van der Waals surface area contributed by atoms with Crippen molar-refractivity contribution in [2.45, 2.75) is 82.8 Å². The monoisotopic (exact) mass is 427 g/mol. The van der Waals surface area contributed by atoms with Crippen LogP contribution in [-0.4, -0.2) is 30.0 Å². The molecule has 4 heteroatoms. The molecule has 1 aliphatic heterocycles. The van der Waals surface area contributed by atoms with E-state index < -0.39 is 0 Å². The Hall–Kier alpha value is -1.16. The number of benzene rings is 1. The van der Waals surface area contributed by atoms with E-state index in [1.54, 1.807) is 0 Å². The van der Waals surface area contributed by atoms with Gasteiger partial charge in [0.1, 0.15) is 11.9 Å². The molecule has 1 amide bonds. The van der Waals surface area contributed by atoms with Gasteiger partial charge in [-0.3, -0.25) is 4.79 Å². The molecule has 4 aliphatic rings. The van der Waals surface area contributed by atoms with Crippen molar-refractivity contribution in [3.05, 3.63) is 24.3 Å². The van der Waals surface area contributed by atoms with Gasteiger partial charge in [0.15, 0.2) is 0 Å². The zero-order chi connectivity index (χ0) is 21.3. The number of para-hydroxylation sites is 1. The maximum absolute atomic E-state index is 12.4. The molecule has 30 heavy (non-hydrogen) atoms. The van der Waals surface area contributed by atoms with Crippen molar-refractivity contribution in [1.29, 1.82) is 0 Å². The molecule has 1 aromatic carbocycles. The Kier molecular flexibility index (Phi) is 4.96. The number of rotatable bonds is 2. The highest BCUT2D eigenvalue weighted by Crippen LogP contribution is 2.66. The summed E-state index contributed by atoms with van der Waals surface area (Å²) in [7, 11) is 2.05. The third-order valence-corrected chi connectivity index (χ3v) is 10.3. The number of likely N-dealkylation sites (tertiary alicyclic amines) is 1. The zero-order valence-corrected chi connectivity index (χ0v) is 19.8. The average molecular weight is 428 g/mol. The molecule has 3 aliphatic carbocycles. The van der Waals surface area contributed by atoms with Crippen LogP contribution in [-0.2, 0) is 4.79 Å². The fourth-order valence-corrected chi connectivity index (χ4v) is 8.53. The maximum Gasteiger partial charge on any atom is 0.222 e.